The lowest BCUT2D eigenvalue weighted by atomic mass is 10.4. The lowest BCUT2D eigenvalue weighted by Crippen LogP contribution is -2.23. The van der Waals surface area contributed by atoms with E-state index in [-0.39, 0.29) is 23.0 Å². The number of nitrogens with zero attached hydrogens (tertiary/aromatic N) is 4. The van der Waals surface area contributed by atoms with E-state index in [2.05, 4.69) is 25.3 Å². The third kappa shape index (κ3) is 2.77. The SMILES string of the molecule is Cn1cc(S(=O)(=O)NCc2nn[nH]n2)cc1C(=O)O. The molecule has 102 valence electrons. The number of aromatic nitrogens is 5. The molecule has 2 rings (SSSR count). The van der Waals surface area contributed by atoms with Gasteiger partial charge in [-0.1, -0.05) is 5.21 Å². The molecule has 2 aromatic heterocycles. The summed E-state index contributed by atoms with van der Waals surface area (Å²) in [5, 5.41) is 21.5. The molecule has 2 aromatic rings. The summed E-state index contributed by atoms with van der Waals surface area (Å²) < 4.78 is 27.3. The van der Waals surface area contributed by atoms with Crippen LogP contribution in [0.25, 0.3) is 0 Å². The van der Waals surface area contributed by atoms with E-state index in [1.807, 2.05) is 0 Å². The molecule has 0 radical (unpaired) electrons. The van der Waals surface area contributed by atoms with E-state index >= 15 is 0 Å². The number of rotatable bonds is 5. The Bertz CT molecular complexity index is 689. The number of sulfonamides is 1. The Morgan fingerprint density at radius 3 is 2.84 bits per heavy atom. The van der Waals surface area contributed by atoms with Crippen LogP contribution in [0.1, 0.15) is 16.3 Å². The van der Waals surface area contributed by atoms with Crippen molar-refractivity contribution in [1.82, 2.24) is 29.9 Å². The van der Waals surface area contributed by atoms with E-state index in [0.717, 1.165) is 6.07 Å². The van der Waals surface area contributed by atoms with Crippen molar-refractivity contribution < 1.29 is 18.3 Å². The van der Waals surface area contributed by atoms with Crippen LogP contribution in [0.2, 0.25) is 0 Å². The molecule has 0 saturated heterocycles. The van der Waals surface area contributed by atoms with Crippen molar-refractivity contribution in [2.75, 3.05) is 0 Å². The van der Waals surface area contributed by atoms with Gasteiger partial charge >= 0.3 is 5.97 Å². The van der Waals surface area contributed by atoms with E-state index < -0.39 is 16.0 Å². The third-order valence-corrected chi connectivity index (χ3v) is 3.69. The van der Waals surface area contributed by atoms with Gasteiger partial charge in [0.05, 0.1) is 6.54 Å². The highest BCUT2D eigenvalue weighted by atomic mass is 32.2. The molecule has 0 amide bonds. The fourth-order valence-electron chi connectivity index (χ4n) is 1.39. The van der Waals surface area contributed by atoms with Gasteiger partial charge in [0.15, 0.2) is 5.82 Å². The molecule has 2 heterocycles. The monoisotopic (exact) mass is 286 g/mol. The summed E-state index contributed by atoms with van der Waals surface area (Å²) in [4.78, 5) is 10.7. The van der Waals surface area contributed by atoms with Gasteiger partial charge in [-0.05, 0) is 6.07 Å². The Hall–Kier alpha value is -2.27. The van der Waals surface area contributed by atoms with Crippen molar-refractivity contribution in [2.45, 2.75) is 11.4 Å². The Balaban J connectivity index is 2.20. The zero-order valence-electron chi connectivity index (χ0n) is 9.73. The number of hydrogen-bond donors (Lipinski definition) is 3. The van der Waals surface area contributed by atoms with Gasteiger partial charge in [0.2, 0.25) is 10.0 Å². The van der Waals surface area contributed by atoms with Gasteiger partial charge in [-0.2, -0.15) is 5.21 Å². The minimum Gasteiger partial charge on any atom is -0.477 e. The molecule has 3 N–H and O–H groups in total. The van der Waals surface area contributed by atoms with Crippen LogP contribution in [0.4, 0.5) is 0 Å². The summed E-state index contributed by atoms with van der Waals surface area (Å²) in [6.45, 7) is -0.143. The number of aromatic amines is 1. The molecule has 0 aliphatic rings. The van der Waals surface area contributed by atoms with Gasteiger partial charge in [-0.25, -0.2) is 17.9 Å². The molecule has 0 spiro atoms. The van der Waals surface area contributed by atoms with Crippen molar-refractivity contribution in [1.29, 1.82) is 0 Å². The van der Waals surface area contributed by atoms with Gasteiger partial charge < -0.3 is 9.67 Å². The molecule has 10 nitrogen and oxygen atoms in total. The number of H-pyrrole nitrogens is 1. The number of carboxylic acids is 1. The smallest absolute Gasteiger partial charge is 0.352 e. The van der Waals surface area contributed by atoms with Crippen LogP contribution in [-0.2, 0) is 23.6 Å². The fourth-order valence-corrected chi connectivity index (χ4v) is 2.44. The molecule has 0 atom stereocenters. The van der Waals surface area contributed by atoms with Crippen LogP contribution < -0.4 is 4.72 Å². The summed E-state index contributed by atoms with van der Waals surface area (Å²) in [5.74, 6) is -1.03. The summed E-state index contributed by atoms with van der Waals surface area (Å²) >= 11 is 0. The van der Waals surface area contributed by atoms with Gasteiger partial charge in [0, 0.05) is 13.2 Å². The highest BCUT2D eigenvalue weighted by Crippen LogP contribution is 2.13. The second kappa shape index (κ2) is 4.78. The molecule has 0 aromatic carbocycles. The van der Waals surface area contributed by atoms with E-state index in [4.69, 9.17) is 5.11 Å². The Labute approximate surface area is 107 Å². The maximum Gasteiger partial charge on any atom is 0.352 e. The number of aromatic carboxylic acids is 1. The highest BCUT2D eigenvalue weighted by molar-refractivity contribution is 7.89. The van der Waals surface area contributed by atoms with Gasteiger partial charge in [-0.15, -0.1) is 10.2 Å². The van der Waals surface area contributed by atoms with Crippen LogP contribution in [0.15, 0.2) is 17.2 Å². The van der Waals surface area contributed by atoms with Crippen LogP contribution in [0, 0.1) is 0 Å². The molecular formula is C8H10N6O4S. The number of carbonyl (C=O) groups is 1. The molecule has 0 saturated carbocycles. The maximum absolute atomic E-state index is 11.9. The minimum absolute atomic E-state index is 0.125. The average Bonchev–Trinajstić information content (AvgIpc) is 2.95. The van der Waals surface area contributed by atoms with Crippen molar-refractivity contribution in [3.63, 3.8) is 0 Å². The van der Waals surface area contributed by atoms with Crippen LogP contribution >= 0.6 is 0 Å². The molecule has 0 aliphatic heterocycles. The van der Waals surface area contributed by atoms with Crippen molar-refractivity contribution >= 4 is 16.0 Å². The predicted molar refractivity (Wildman–Crippen MR) is 60.6 cm³/mol. The second-order valence-electron chi connectivity index (χ2n) is 3.63. The Morgan fingerprint density at radius 1 is 1.58 bits per heavy atom. The molecule has 11 heteroatoms. The van der Waals surface area contributed by atoms with E-state index in [0.29, 0.717) is 0 Å². The van der Waals surface area contributed by atoms with Crippen molar-refractivity contribution in [3.05, 3.63) is 23.8 Å². The van der Waals surface area contributed by atoms with E-state index in [9.17, 15) is 13.2 Å². The first-order valence-electron chi connectivity index (χ1n) is 5.02. The number of nitrogens with one attached hydrogen (secondary N) is 2. The Morgan fingerprint density at radius 2 is 2.32 bits per heavy atom. The molecular weight excluding hydrogens is 276 g/mol. The topological polar surface area (TPSA) is 143 Å². The average molecular weight is 286 g/mol. The van der Waals surface area contributed by atoms with Gasteiger partial charge in [0.1, 0.15) is 10.6 Å². The molecule has 0 fully saturated rings. The number of carboxylic acid groups (broad SMARTS) is 1. The van der Waals surface area contributed by atoms with Crippen molar-refractivity contribution in [3.8, 4) is 0 Å². The predicted octanol–water partition coefficient (Wildman–Crippen LogP) is -1.29. The lowest BCUT2D eigenvalue weighted by molar-refractivity contribution is 0.0686. The number of hydrogen-bond acceptors (Lipinski definition) is 6. The first-order chi connectivity index (χ1) is 8.90. The first-order valence-corrected chi connectivity index (χ1v) is 6.50. The van der Waals surface area contributed by atoms with Crippen LogP contribution in [-0.4, -0.2) is 44.7 Å². The minimum atomic E-state index is -3.83. The lowest BCUT2D eigenvalue weighted by Gasteiger charge is -2.01. The number of aryl methyl sites for hydroxylation is 1. The summed E-state index contributed by atoms with van der Waals surface area (Å²) in [6, 6.07) is 1.07. The van der Waals surface area contributed by atoms with Crippen LogP contribution in [0.5, 0.6) is 0 Å². The third-order valence-electron chi connectivity index (χ3n) is 2.32. The molecule has 0 aliphatic carbocycles. The highest BCUT2D eigenvalue weighted by Gasteiger charge is 2.20. The quantitative estimate of drug-likeness (QED) is 0.620. The van der Waals surface area contributed by atoms with Gasteiger partial charge in [-0.3, -0.25) is 0 Å². The maximum atomic E-state index is 11.9. The summed E-state index contributed by atoms with van der Waals surface area (Å²) in [6.07, 6.45) is 1.21. The largest absolute Gasteiger partial charge is 0.477 e. The zero-order valence-corrected chi connectivity index (χ0v) is 10.5. The fraction of sp³-hybridized carbons (Fsp3) is 0.250. The van der Waals surface area contributed by atoms with Gasteiger partial charge in [0.25, 0.3) is 0 Å². The Kier molecular flexibility index (Phi) is 3.31. The zero-order chi connectivity index (χ0) is 14.0. The molecule has 0 bridgehead atoms. The summed E-state index contributed by atoms with van der Waals surface area (Å²) in [5.41, 5.74) is -0.125. The molecule has 0 unspecified atom stereocenters. The van der Waals surface area contributed by atoms with E-state index in [1.54, 1.807) is 0 Å². The second-order valence-corrected chi connectivity index (χ2v) is 5.40. The summed E-state index contributed by atoms with van der Waals surface area (Å²) in [7, 11) is -2.38. The molecule has 19 heavy (non-hydrogen) atoms. The van der Waals surface area contributed by atoms with Crippen LogP contribution in [0.3, 0.4) is 0 Å². The normalized spacial score (nSPS) is 11.6. The first kappa shape index (κ1) is 13.2. The van der Waals surface area contributed by atoms with E-state index in [1.165, 1.54) is 17.8 Å². The number of tetrazole rings is 1. The van der Waals surface area contributed by atoms with Crippen molar-refractivity contribution in [2.24, 2.45) is 7.05 Å². The standard InChI is InChI=1S/C8H10N6O4S/c1-14-4-5(2-6(14)8(15)16)19(17,18)9-3-7-10-12-13-11-7/h2,4,9H,3H2,1H3,(H,15,16)(H,10,11,12,13).